The molecule has 0 aliphatic heterocycles. The third kappa shape index (κ3) is 7.90. The number of rotatable bonds is 9. The number of esters is 2. The second-order valence-corrected chi connectivity index (χ2v) is 6.18. The monoisotopic (exact) mass is 420 g/mol. The van der Waals surface area contributed by atoms with Gasteiger partial charge in [0.25, 0.3) is 0 Å². The fourth-order valence-corrected chi connectivity index (χ4v) is 2.39. The molecule has 0 fully saturated rings. The van der Waals surface area contributed by atoms with Crippen molar-refractivity contribution in [3.05, 3.63) is 77.4 Å². The molecular formula is C22H19F3O5. The number of alkyl halides is 3. The van der Waals surface area contributed by atoms with Crippen molar-refractivity contribution in [1.29, 1.82) is 0 Å². The van der Waals surface area contributed by atoms with Crippen LogP contribution in [0.5, 0.6) is 0 Å². The van der Waals surface area contributed by atoms with Crippen molar-refractivity contribution in [2.24, 2.45) is 0 Å². The van der Waals surface area contributed by atoms with Crippen LogP contribution >= 0.6 is 0 Å². The fraction of sp³-hybridized carbons (Fsp3) is 0.227. The molecule has 0 N–H and O–H groups in total. The molecule has 0 saturated carbocycles. The molecule has 0 radical (unpaired) electrons. The summed E-state index contributed by atoms with van der Waals surface area (Å²) >= 11 is 0. The molecule has 0 amide bonds. The summed E-state index contributed by atoms with van der Waals surface area (Å²) in [6.07, 6.45) is -3.50. The Hall–Kier alpha value is -3.42. The Bertz CT molecular complexity index is 904. The van der Waals surface area contributed by atoms with Crippen molar-refractivity contribution in [2.75, 3.05) is 6.61 Å². The Kier molecular flexibility index (Phi) is 8.34. The van der Waals surface area contributed by atoms with Crippen LogP contribution in [0.1, 0.15) is 29.5 Å². The largest absolute Gasteiger partial charge is 0.465 e. The van der Waals surface area contributed by atoms with Crippen LogP contribution < -0.4 is 0 Å². The number of hydrogen-bond acceptors (Lipinski definition) is 5. The van der Waals surface area contributed by atoms with E-state index < -0.39 is 35.9 Å². The average Bonchev–Trinajstić information content (AvgIpc) is 2.71. The van der Waals surface area contributed by atoms with Gasteiger partial charge in [0.2, 0.25) is 0 Å². The van der Waals surface area contributed by atoms with E-state index in [4.69, 9.17) is 9.47 Å². The van der Waals surface area contributed by atoms with Gasteiger partial charge in [-0.3, -0.25) is 14.4 Å². The van der Waals surface area contributed by atoms with Crippen LogP contribution in [0.15, 0.2) is 60.7 Å². The minimum Gasteiger partial charge on any atom is -0.465 e. The summed E-state index contributed by atoms with van der Waals surface area (Å²) in [5.74, 6) is -2.17. The Balaban J connectivity index is 1.73. The van der Waals surface area contributed by atoms with Gasteiger partial charge in [0.05, 0.1) is 12.0 Å². The number of carbonyl (C=O) groups is 3. The molecule has 0 aromatic heterocycles. The molecule has 0 aliphatic rings. The topological polar surface area (TPSA) is 69.7 Å². The number of carbonyl (C=O) groups excluding carboxylic acids is 3. The van der Waals surface area contributed by atoms with Crippen molar-refractivity contribution in [3.8, 4) is 0 Å². The first-order valence-electron chi connectivity index (χ1n) is 8.98. The minimum absolute atomic E-state index is 0.0936. The van der Waals surface area contributed by atoms with Gasteiger partial charge >= 0.3 is 18.1 Å². The Morgan fingerprint density at radius 3 is 2.23 bits per heavy atom. The highest BCUT2D eigenvalue weighted by molar-refractivity contribution is 6.04. The zero-order valence-corrected chi connectivity index (χ0v) is 15.9. The first kappa shape index (κ1) is 22.9. The van der Waals surface area contributed by atoms with Crippen molar-refractivity contribution in [2.45, 2.75) is 25.6 Å². The molecular weight excluding hydrogens is 401 g/mol. The van der Waals surface area contributed by atoms with Crippen LogP contribution in [0, 0.1) is 0 Å². The predicted octanol–water partition coefficient (Wildman–Crippen LogP) is 4.35. The van der Waals surface area contributed by atoms with Crippen LogP contribution in [0.4, 0.5) is 13.2 Å². The zero-order valence-electron chi connectivity index (χ0n) is 15.9. The highest BCUT2D eigenvalue weighted by Gasteiger charge is 2.32. The molecule has 5 nitrogen and oxygen atoms in total. The van der Waals surface area contributed by atoms with Crippen molar-refractivity contribution in [3.63, 3.8) is 0 Å². The van der Waals surface area contributed by atoms with E-state index in [9.17, 15) is 27.6 Å². The Labute approximate surface area is 171 Å². The summed E-state index contributed by atoms with van der Waals surface area (Å²) in [7, 11) is 0. The van der Waals surface area contributed by atoms with Crippen LogP contribution in [-0.2, 0) is 36.6 Å². The molecule has 30 heavy (non-hydrogen) atoms. The number of halogens is 3. The number of ether oxygens (including phenoxy) is 2. The quantitative estimate of drug-likeness (QED) is 0.343. The van der Waals surface area contributed by atoms with Gasteiger partial charge in [-0.05, 0) is 23.3 Å². The lowest BCUT2D eigenvalue weighted by molar-refractivity contribution is -0.150. The average molecular weight is 420 g/mol. The summed E-state index contributed by atoms with van der Waals surface area (Å²) in [5, 5.41) is 0. The number of allylic oxidation sites excluding steroid dienone is 1. The lowest BCUT2D eigenvalue weighted by atomic mass is 10.1. The maximum atomic E-state index is 12.9. The molecule has 0 bridgehead atoms. The van der Waals surface area contributed by atoms with E-state index in [0.717, 1.165) is 23.8 Å². The zero-order chi connectivity index (χ0) is 22.0. The minimum atomic E-state index is -4.56. The van der Waals surface area contributed by atoms with E-state index in [0.29, 0.717) is 0 Å². The van der Waals surface area contributed by atoms with Crippen molar-refractivity contribution < 1.29 is 37.0 Å². The molecule has 158 valence electrons. The molecule has 0 unspecified atom stereocenters. The van der Waals surface area contributed by atoms with E-state index in [1.54, 1.807) is 24.3 Å². The van der Waals surface area contributed by atoms with E-state index >= 15 is 0 Å². The first-order valence-corrected chi connectivity index (χ1v) is 8.98. The summed E-state index contributed by atoms with van der Waals surface area (Å²) in [6.45, 7) is -0.170. The third-order valence-corrected chi connectivity index (χ3v) is 3.85. The molecule has 2 aromatic rings. The van der Waals surface area contributed by atoms with Gasteiger partial charge in [-0.2, -0.15) is 13.2 Å². The van der Waals surface area contributed by atoms with Gasteiger partial charge in [-0.1, -0.05) is 54.6 Å². The Morgan fingerprint density at radius 2 is 1.53 bits per heavy atom. The molecule has 0 atom stereocenters. The van der Waals surface area contributed by atoms with E-state index in [2.05, 4.69) is 0 Å². The number of benzene rings is 2. The standard InChI is InChI=1S/C22H19F3O5/c23-22(24,25)19-9-5-4-8-17(19)10-11-18(26)14-21(28)29-13-12-20(27)30-15-16-6-2-1-3-7-16/h1-11H,12-15H2. The maximum absolute atomic E-state index is 12.9. The third-order valence-electron chi connectivity index (χ3n) is 3.85. The van der Waals surface area contributed by atoms with E-state index in [1.807, 2.05) is 6.07 Å². The van der Waals surface area contributed by atoms with Gasteiger partial charge in [0.1, 0.15) is 19.6 Å². The fourth-order valence-electron chi connectivity index (χ4n) is 2.39. The molecule has 0 heterocycles. The lowest BCUT2D eigenvalue weighted by Crippen LogP contribution is -2.14. The van der Waals surface area contributed by atoms with Crippen LogP contribution in [0.2, 0.25) is 0 Å². The number of hydrogen-bond donors (Lipinski definition) is 0. The van der Waals surface area contributed by atoms with Crippen LogP contribution in [-0.4, -0.2) is 24.3 Å². The van der Waals surface area contributed by atoms with Crippen molar-refractivity contribution >= 4 is 23.8 Å². The summed E-state index contributed by atoms with van der Waals surface area (Å²) in [6, 6.07) is 13.8. The van der Waals surface area contributed by atoms with Gasteiger partial charge in [0, 0.05) is 0 Å². The molecule has 0 saturated heterocycles. The molecule has 2 rings (SSSR count). The van der Waals surface area contributed by atoms with Gasteiger partial charge < -0.3 is 9.47 Å². The normalized spacial score (nSPS) is 11.3. The second-order valence-electron chi connectivity index (χ2n) is 6.18. The summed E-state index contributed by atoms with van der Waals surface area (Å²) < 4.78 is 48.5. The summed E-state index contributed by atoms with van der Waals surface area (Å²) in [4.78, 5) is 35.0. The molecule has 8 heteroatoms. The summed E-state index contributed by atoms with van der Waals surface area (Å²) in [5.41, 5.74) is -0.258. The van der Waals surface area contributed by atoms with E-state index in [1.165, 1.54) is 18.2 Å². The van der Waals surface area contributed by atoms with Gasteiger partial charge in [-0.15, -0.1) is 0 Å². The molecule has 2 aromatic carbocycles. The second kappa shape index (κ2) is 10.9. The molecule has 0 spiro atoms. The number of ketones is 1. The maximum Gasteiger partial charge on any atom is 0.416 e. The first-order chi connectivity index (χ1) is 14.3. The van der Waals surface area contributed by atoms with Gasteiger partial charge in [0.15, 0.2) is 5.78 Å². The van der Waals surface area contributed by atoms with Crippen LogP contribution in [0.25, 0.3) is 6.08 Å². The van der Waals surface area contributed by atoms with Crippen LogP contribution in [0.3, 0.4) is 0 Å². The smallest absolute Gasteiger partial charge is 0.416 e. The Morgan fingerprint density at radius 1 is 0.867 bits per heavy atom. The van der Waals surface area contributed by atoms with Gasteiger partial charge in [-0.25, -0.2) is 0 Å². The molecule has 0 aliphatic carbocycles. The van der Waals surface area contributed by atoms with Crippen molar-refractivity contribution in [1.82, 2.24) is 0 Å². The van der Waals surface area contributed by atoms with E-state index in [-0.39, 0.29) is 25.2 Å². The highest BCUT2D eigenvalue weighted by Crippen LogP contribution is 2.32. The SMILES string of the molecule is O=C(C=Cc1ccccc1C(F)(F)F)CC(=O)OCCC(=O)OCc1ccccc1. The lowest BCUT2D eigenvalue weighted by Gasteiger charge is -2.09. The predicted molar refractivity (Wildman–Crippen MR) is 102 cm³/mol. The highest BCUT2D eigenvalue weighted by atomic mass is 19.4.